The summed E-state index contributed by atoms with van der Waals surface area (Å²) in [5.74, 6) is -0.596. The minimum atomic E-state index is -4.97. The molecule has 2 unspecified atom stereocenters. The number of aliphatic hydroxyl groups excluding tert-OH is 1. The van der Waals surface area contributed by atoms with Gasteiger partial charge in [0.1, 0.15) is 19.3 Å². The number of carbonyl (C=O) groups is 4. The maximum Gasteiger partial charge on any atom is 0.472 e. The summed E-state index contributed by atoms with van der Waals surface area (Å²) in [4.78, 5) is 73.4. The Morgan fingerprint density at radius 2 is 0.414 bits per heavy atom. The Balaban J connectivity index is 5.19. The molecule has 17 nitrogen and oxygen atoms in total. The van der Waals surface area contributed by atoms with Gasteiger partial charge in [-0.05, 0) is 37.5 Å². The summed E-state index contributed by atoms with van der Waals surface area (Å²) in [6.45, 7) is 9.66. The lowest BCUT2D eigenvalue weighted by Crippen LogP contribution is -2.30. The van der Waals surface area contributed by atoms with E-state index in [1.54, 1.807) is 0 Å². The zero-order valence-electron chi connectivity index (χ0n) is 73.3. The molecule has 0 aliphatic rings. The fourth-order valence-electron chi connectivity index (χ4n) is 14.5. The van der Waals surface area contributed by atoms with E-state index in [0.717, 1.165) is 102 Å². The number of hydrogen-bond acceptors (Lipinski definition) is 15. The maximum absolute atomic E-state index is 13.2. The van der Waals surface area contributed by atoms with Gasteiger partial charge in [0.15, 0.2) is 12.2 Å². The van der Waals surface area contributed by atoms with E-state index in [1.807, 2.05) is 0 Å². The maximum atomic E-state index is 13.2. The van der Waals surface area contributed by atoms with Crippen LogP contribution in [-0.4, -0.2) is 96.7 Å². The van der Waals surface area contributed by atoms with Gasteiger partial charge in [0.25, 0.3) is 0 Å². The molecular weight excluding hydrogens is 1440 g/mol. The molecule has 0 aromatic heterocycles. The summed E-state index contributed by atoms with van der Waals surface area (Å²) in [5.41, 5.74) is 0. The van der Waals surface area contributed by atoms with Crippen molar-refractivity contribution >= 4 is 39.5 Å². The summed E-state index contributed by atoms with van der Waals surface area (Å²) >= 11 is 0. The third-order valence-corrected chi connectivity index (χ3v) is 23.6. The first-order valence-corrected chi connectivity index (χ1v) is 50.5. The second-order valence-corrected chi connectivity index (χ2v) is 36.9. The van der Waals surface area contributed by atoms with Crippen molar-refractivity contribution in [3.8, 4) is 0 Å². The lowest BCUT2D eigenvalue weighted by atomic mass is 10.0. The van der Waals surface area contributed by atoms with Gasteiger partial charge in [-0.25, -0.2) is 9.13 Å². The van der Waals surface area contributed by atoms with Crippen LogP contribution in [0.2, 0.25) is 0 Å². The molecule has 5 atom stereocenters. The van der Waals surface area contributed by atoms with Crippen molar-refractivity contribution < 1.29 is 80.2 Å². The van der Waals surface area contributed by atoms with Crippen LogP contribution < -0.4 is 0 Å². The van der Waals surface area contributed by atoms with Crippen LogP contribution in [0, 0.1) is 11.8 Å². The number of unbranched alkanes of at least 4 members (excludes halogenated alkanes) is 61. The number of hydrogen-bond donors (Lipinski definition) is 3. The summed E-state index contributed by atoms with van der Waals surface area (Å²) in [6.07, 6.45) is 78.2. The Hall–Kier alpha value is -1.94. The zero-order chi connectivity index (χ0) is 81.3. The number of phosphoric ester groups is 2. The van der Waals surface area contributed by atoms with Crippen LogP contribution in [0.5, 0.6) is 0 Å². The molecule has 0 saturated carbocycles. The van der Waals surface area contributed by atoms with E-state index in [4.69, 9.17) is 37.0 Å². The molecule has 3 N–H and O–H groups in total. The van der Waals surface area contributed by atoms with Gasteiger partial charge in [0.2, 0.25) is 0 Å². The van der Waals surface area contributed by atoms with E-state index >= 15 is 0 Å². The fraction of sp³-hybridized carbons (Fsp3) is 0.957. The summed E-state index contributed by atoms with van der Waals surface area (Å²) in [7, 11) is -9.93. The van der Waals surface area contributed by atoms with E-state index < -0.39 is 97.5 Å². The molecule has 0 amide bonds. The quantitative estimate of drug-likeness (QED) is 0.0222. The molecule has 0 aliphatic carbocycles. The molecule has 0 rings (SSSR count). The van der Waals surface area contributed by atoms with Crippen LogP contribution in [0.15, 0.2) is 0 Å². The average molecular weight is 1620 g/mol. The number of esters is 4. The van der Waals surface area contributed by atoms with E-state index in [0.29, 0.717) is 31.6 Å². The van der Waals surface area contributed by atoms with Gasteiger partial charge >= 0.3 is 39.5 Å². The molecular formula is C92H180O17P2. The van der Waals surface area contributed by atoms with Gasteiger partial charge < -0.3 is 33.8 Å². The Labute approximate surface area is 683 Å². The van der Waals surface area contributed by atoms with Crippen LogP contribution in [0.25, 0.3) is 0 Å². The minimum Gasteiger partial charge on any atom is -0.462 e. The van der Waals surface area contributed by atoms with Crippen LogP contribution in [-0.2, 0) is 65.4 Å². The topological polar surface area (TPSA) is 237 Å². The Kier molecular flexibility index (Phi) is 81.7. The van der Waals surface area contributed by atoms with Crippen molar-refractivity contribution in [2.24, 2.45) is 11.8 Å². The highest BCUT2D eigenvalue weighted by atomic mass is 31.2. The lowest BCUT2D eigenvalue weighted by Gasteiger charge is -2.21. The largest absolute Gasteiger partial charge is 0.472 e. The first-order valence-electron chi connectivity index (χ1n) is 47.5. The fourth-order valence-corrected chi connectivity index (χ4v) is 16.1. The van der Waals surface area contributed by atoms with E-state index in [1.165, 1.54) is 308 Å². The van der Waals surface area contributed by atoms with Gasteiger partial charge in [-0.3, -0.25) is 37.3 Å². The van der Waals surface area contributed by atoms with Crippen molar-refractivity contribution in [1.82, 2.24) is 0 Å². The highest BCUT2D eigenvalue weighted by Crippen LogP contribution is 2.45. The number of carbonyl (C=O) groups excluding carboxylic acids is 4. The number of phosphoric acid groups is 2. The summed E-state index contributed by atoms with van der Waals surface area (Å²) in [5, 5.41) is 10.7. The van der Waals surface area contributed by atoms with Crippen molar-refractivity contribution in [1.29, 1.82) is 0 Å². The third kappa shape index (κ3) is 85.8. The molecule has 0 aromatic rings. The van der Waals surface area contributed by atoms with E-state index in [-0.39, 0.29) is 25.7 Å². The Morgan fingerprint density at radius 1 is 0.243 bits per heavy atom. The van der Waals surface area contributed by atoms with Crippen LogP contribution in [0.3, 0.4) is 0 Å². The second-order valence-electron chi connectivity index (χ2n) is 34.0. The molecule has 0 heterocycles. The standard InChI is InChI=1S/C92H180O17P2/c1-7-9-11-13-15-17-19-21-23-25-27-28-29-31-37-41-45-49-53-57-64-70-76-91(96)108-87(80-102-89(94)74-68-62-55-51-47-43-39-35-33-32-34-38-42-46-50-54-60-66-72-84(3)4)82-106-110(98,99)104-78-86(93)79-105-111(100,101)107-83-88(81-103-90(95)75-69-63-59-58-61-67-73-85(5)6)109-92(97)77-71-65-56-52-48-44-40-36-30-26-24-22-20-18-16-14-12-10-8-2/h84-88,93H,7-83H2,1-6H3,(H,98,99)(H,100,101)/t86-,87-,88-/m1/s1. The molecule has 111 heavy (non-hydrogen) atoms. The molecule has 0 aromatic carbocycles. The Bertz CT molecular complexity index is 2120. The first kappa shape index (κ1) is 109. The third-order valence-electron chi connectivity index (χ3n) is 21.7. The van der Waals surface area contributed by atoms with Gasteiger partial charge in [-0.1, -0.05) is 446 Å². The molecule has 0 aliphatic heterocycles. The molecule has 19 heteroatoms. The van der Waals surface area contributed by atoms with Gasteiger partial charge in [0, 0.05) is 25.7 Å². The van der Waals surface area contributed by atoms with Crippen LogP contribution in [0.4, 0.5) is 0 Å². The number of aliphatic hydroxyl groups is 1. The predicted molar refractivity (Wildman–Crippen MR) is 460 cm³/mol. The Morgan fingerprint density at radius 3 is 0.613 bits per heavy atom. The normalized spacial score (nSPS) is 13.7. The molecule has 660 valence electrons. The summed E-state index contributed by atoms with van der Waals surface area (Å²) in [6, 6.07) is 0. The second kappa shape index (κ2) is 83.1. The van der Waals surface area contributed by atoms with Gasteiger partial charge in [-0.2, -0.15) is 0 Å². The zero-order valence-corrected chi connectivity index (χ0v) is 75.1. The lowest BCUT2D eigenvalue weighted by molar-refractivity contribution is -0.161. The molecule has 0 spiro atoms. The molecule has 0 saturated heterocycles. The highest BCUT2D eigenvalue weighted by Gasteiger charge is 2.31. The molecule has 0 fully saturated rings. The molecule has 0 radical (unpaired) electrons. The van der Waals surface area contributed by atoms with Crippen molar-refractivity contribution in [3.05, 3.63) is 0 Å². The van der Waals surface area contributed by atoms with Crippen LogP contribution >= 0.6 is 15.6 Å². The smallest absolute Gasteiger partial charge is 0.462 e. The molecule has 0 bridgehead atoms. The monoisotopic (exact) mass is 1620 g/mol. The van der Waals surface area contributed by atoms with E-state index in [2.05, 4.69) is 41.5 Å². The predicted octanol–water partition coefficient (Wildman–Crippen LogP) is 28.6. The van der Waals surface area contributed by atoms with Crippen molar-refractivity contribution in [2.45, 2.75) is 516 Å². The first-order chi connectivity index (χ1) is 53.9. The summed E-state index contributed by atoms with van der Waals surface area (Å²) < 4.78 is 69.0. The number of rotatable bonds is 91. The van der Waals surface area contributed by atoms with Crippen molar-refractivity contribution in [3.63, 3.8) is 0 Å². The average Bonchev–Trinajstić information content (AvgIpc) is 0.901. The minimum absolute atomic E-state index is 0.108. The SMILES string of the molecule is CCCCCCCCCCCCCCCCCCCCCCCCC(=O)O[C@H](COC(=O)CCCCCCCCCCCCCCCCCCCCC(C)C)COP(=O)(O)OC[C@@H](O)COP(=O)(O)OC[C@@H](COC(=O)CCCCCCCCC(C)C)OC(=O)CCCCCCCCCCCCCCCCCCCCC. The van der Waals surface area contributed by atoms with Gasteiger partial charge in [-0.15, -0.1) is 0 Å². The van der Waals surface area contributed by atoms with Gasteiger partial charge in [0.05, 0.1) is 26.4 Å². The highest BCUT2D eigenvalue weighted by molar-refractivity contribution is 7.47. The van der Waals surface area contributed by atoms with E-state index in [9.17, 15) is 43.2 Å². The number of ether oxygens (including phenoxy) is 4. The van der Waals surface area contributed by atoms with Crippen molar-refractivity contribution in [2.75, 3.05) is 39.6 Å². The van der Waals surface area contributed by atoms with Crippen LogP contribution in [0.1, 0.15) is 497 Å².